The summed E-state index contributed by atoms with van der Waals surface area (Å²) in [5.41, 5.74) is 3.19. The molecule has 152 valence electrons. The summed E-state index contributed by atoms with van der Waals surface area (Å²) in [5, 5.41) is 3.37. The van der Waals surface area contributed by atoms with Crippen LogP contribution in [0.2, 0.25) is 0 Å². The van der Waals surface area contributed by atoms with Crippen LogP contribution in [0.5, 0.6) is 0 Å². The smallest absolute Gasteiger partial charge is 0.228 e. The molecule has 2 aromatic rings. The van der Waals surface area contributed by atoms with Crippen LogP contribution in [0.3, 0.4) is 0 Å². The molecule has 2 amide bonds. The average molecular weight is 393 g/mol. The molecule has 6 nitrogen and oxygen atoms in total. The standard InChI is InChI=1S/C23H28N4O2/c1-2-4-17-6-8-20(9-7-17)27-16-19(13-22(27)28)23(29)26-12-11-25-15-21(26)18-5-3-10-24-14-18/h3,5-10,14,19,21,25H,2,4,11-13,15-16H2,1H3. The fourth-order valence-electron chi connectivity index (χ4n) is 4.33. The van der Waals surface area contributed by atoms with E-state index in [0.717, 1.165) is 30.6 Å². The summed E-state index contributed by atoms with van der Waals surface area (Å²) >= 11 is 0. The molecule has 2 aliphatic heterocycles. The number of anilines is 1. The number of aromatic nitrogens is 1. The Bertz CT molecular complexity index is 853. The number of nitrogens with one attached hydrogen (secondary N) is 1. The van der Waals surface area contributed by atoms with E-state index < -0.39 is 0 Å². The lowest BCUT2D eigenvalue weighted by molar-refractivity contribution is -0.139. The topological polar surface area (TPSA) is 65.5 Å². The molecule has 3 heterocycles. The van der Waals surface area contributed by atoms with Crippen LogP contribution in [-0.4, -0.2) is 47.9 Å². The van der Waals surface area contributed by atoms with Crippen LogP contribution in [0, 0.1) is 5.92 Å². The summed E-state index contributed by atoms with van der Waals surface area (Å²) in [6, 6.07) is 12.0. The van der Waals surface area contributed by atoms with Gasteiger partial charge in [0.2, 0.25) is 11.8 Å². The van der Waals surface area contributed by atoms with Gasteiger partial charge in [-0.25, -0.2) is 0 Å². The highest BCUT2D eigenvalue weighted by Crippen LogP contribution is 2.30. The highest BCUT2D eigenvalue weighted by Gasteiger charge is 2.39. The molecule has 2 fully saturated rings. The first-order valence-electron chi connectivity index (χ1n) is 10.5. The van der Waals surface area contributed by atoms with Crippen LogP contribution < -0.4 is 10.2 Å². The zero-order valence-electron chi connectivity index (χ0n) is 16.9. The SMILES string of the molecule is CCCc1ccc(N2CC(C(=O)N3CCNCC3c3cccnc3)CC2=O)cc1. The van der Waals surface area contributed by atoms with Crippen LogP contribution in [0.4, 0.5) is 5.69 Å². The minimum Gasteiger partial charge on any atom is -0.333 e. The van der Waals surface area contributed by atoms with Crippen molar-refractivity contribution in [2.75, 3.05) is 31.1 Å². The van der Waals surface area contributed by atoms with Gasteiger partial charge in [-0.05, 0) is 35.7 Å². The second kappa shape index (κ2) is 8.74. The van der Waals surface area contributed by atoms with E-state index in [-0.39, 0.29) is 30.2 Å². The van der Waals surface area contributed by atoms with Crippen LogP contribution >= 0.6 is 0 Å². The Morgan fingerprint density at radius 1 is 1.24 bits per heavy atom. The maximum absolute atomic E-state index is 13.3. The van der Waals surface area contributed by atoms with E-state index in [2.05, 4.69) is 29.4 Å². The lowest BCUT2D eigenvalue weighted by atomic mass is 10.0. The van der Waals surface area contributed by atoms with E-state index in [4.69, 9.17) is 0 Å². The molecule has 29 heavy (non-hydrogen) atoms. The van der Waals surface area contributed by atoms with E-state index in [1.165, 1.54) is 5.56 Å². The predicted molar refractivity (Wildman–Crippen MR) is 112 cm³/mol. The van der Waals surface area contributed by atoms with Gasteiger partial charge in [-0.2, -0.15) is 0 Å². The second-order valence-corrected chi connectivity index (χ2v) is 7.86. The van der Waals surface area contributed by atoms with Crippen molar-refractivity contribution in [3.8, 4) is 0 Å². The fourth-order valence-corrected chi connectivity index (χ4v) is 4.33. The van der Waals surface area contributed by atoms with Gasteiger partial charge in [0.1, 0.15) is 0 Å². The van der Waals surface area contributed by atoms with Crippen molar-refractivity contribution in [2.45, 2.75) is 32.2 Å². The number of amides is 2. The highest BCUT2D eigenvalue weighted by atomic mass is 16.2. The Morgan fingerprint density at radius 3 is 2.79 bits per heavy atom. The molecular weight excluding hydrogens is 364 g/mol. The Kier molecular flexibility index (Phi) is 5.90. The van der Waals surface area contributed by atoms with Crippen molar-refractivity contribution in [3.63, 3.8) is 0 Å². The van der Waals surface area contributed by atoms with Crippen LogP contribution in [-0.2, 0) is 16.0 Å². The number of rotatable bonds is 5. The summed E-state index contributed by atoms with van der Waals surface area (Å²) in [4.78, 5) is 33.9. The van der Waals surface area contributed by atoms with Crippen LogP contribution in [0.15, 0.2) is 48.8 Å². The van der Waals surface area contributed by atoms with Crippen LogP contribution in [0.25, 0.3) is 0 Å². The van der Waals surface area contributed by atoms with Crippen molar-refractivity contribution in [2.24, 2.45) is 5.92 Å². The third-order valence-corrected chi connectivity index (χ3v) is 5.86. The first-order chi connectivity index (χ1) is 14.2. The summed E-state index contributed by atoms with van der Waals surface area (Å²) in [5.74, 6) is -0.200. The van der Waals surface area contributed by atoms with Crippen molar-refractivity contribution in [1.29, 1.82) is 0 Å². The first-order valence-corrected chi connectivity index (χ1v) is 10.5. The molecule has 0 saturated carbocycles. The van der Waals surface area contributed by atoms with Gasteiger partial charge < -0.3 is 15.1 Å². The number of piperazine rings is 1. The number of pyridine rings is 1. The van der Waals surface area contributed by atoms with Gasteiger partial charge in [0.25, 0.3) is 0 Å². The summed E-state index contributed by atoms with van der Waals surface area (Å²) < 4.78 is 0. The van der Waals surface area contributed by atoms with Crippen molar-refractivity contribution >= 4 is 17.5 Å². The third kappa shape index (κ3) is 4.17. The monoisotopic (exact) mass is 392 g/mol. The predicted octanol–water partition coefficient (Wildman–Crippen LogP) is 2.56. The van der Waals surface area contributed by atoms with Gasteiger partial charge >= 0.3 is 0 Å². The molecule has 1 N–H and O–H groups in total. The number of carbonyl (C=O) groups is 2. The summed E-state index contributed by atoms with van der Waals surface area (Å²) in [6.07, 6.45) is 5.97. The molecule has 0 aliphatic carbocycles. The Hall–Kier alpha value is -2.73. The molecule has 4 rings (SSSR count). The Labute approximate surface area is 171 Å². The average Bonchev–Trinajstić information content (AvgIpc) is 3.16. The Balaban J connectivity index is 1.48. The number of aryl methyl sites for hydroxylation is 1. The molecule has 6 heteroatoms. The number of nitrogens with zero attached hydrogens (tertiary/aromatic N) is 3. The van der Waals surface area contributed by atoms with Gasteiger partial charge in [-0.1, -0.05) is 31.5 Å². The minimum atomic E-state index is -0.296. The van der Waals surface area contributed by atoms with Gasteiger partial charge in [-0.15, -0.1) is 0 Å². The summed E-state index contributed by atoms with van der Waals surface area (Å²) in [6.45, 7) is 4.73. The van der Waals surface area contributed by atoms with E-state index in [1.807, 2.05) is 35.4 Å². The maximum Gasteiger partial charge on any atom is 0.228 e. The van der Waals surface area contributed by atoms with Crippen LogP contribution in [0.1, 0.15) is 36.9 Å². The second-order valence-electron chi connectivity index (χ2n) is 7.86. The molecule has 0 spiro atoms. The molecule has 0 bridgehead atoms. The normalized spacial score (nSPS) is 22.2. The van der Waals surface area contributed by atoms with Gasteiger partial charge in [-0.3, -0.25) is 14.6 Å². The molecule has 1 aromatic carbocycles. The number of hydrogen-bond acceptors (Lipinski definition) is 4. The van der Waals surface area contributed by atoms with Crippen molar-refractivity contribution in [3.05, 3.63) is 59.9 Å². The van der Waals surface area contributed by atoms with Gasteiger partial charge in [0.15, 0.2) is 0 Å². The zero-order chi connectivity index (χ0) is 20.2. The molecular formula is C23H28N4O2. The fraction of sp³-hybridized carbons (Fsp3) is 0.435. The molecule has 2 aliphatic rings. The Morgan fingerprint density at radius 2 is 2.07 bits per heavy atom. The first kappa shape index (κ1) is 19.6. The van der Waals surface area contributed by atoms with Gasteiger partial charge in [0.05, 0.1) is 12.0 Å². The minimum absolute atomic E-state index is 0.0275. The molecule has 2 unspecified atom stereocenters. The zero-order valence-corrected chi connectivity index (χ0v) is 16.9. The number of hydrogen-bond donors (Lipinski definition) is 1. The number of benzene rings is 1. The van der Waals surface area contributed by atoms with Crippen molar-refractivity contribution in [1.82, 2.24) is 15.2 Å². The van der Waals surface area contributed by atoms with E-state index in [1.54, 1.807) is 11.1 Å². The third-order valence-electron chi connectivity index (χ3n) is 5.86. The lowest BCUT2D eigenvalue weighted by Crippen LogP contribution is -2.50. The maximum atomic E-state index is 13.3. The molecule has 0 radical (unpaired) electrons. The lowest BCUT2D eigenvalue weighted by Gasteiger charge is -2.37. The van der Waals surface area contributed by atoms with E-state index >= 15 is 0 Å². The number of carbonyl (C=O) groups excluding carboxylic acids is 2. The highest BCUT2D eigenvalue weighted by molar-refractivity contribution is 6.00. The van der Waals surface area contributed by atoms with Gasteiger partial charge in [0, 0.05) is 50.7 Å². The molecule has 2 saturated heterocycles. The van der Waals surface area contributed by atoms with Crippen molar-refractivity contribution < 1.29 is 9.59 Å². The molecule has 1 aromatic heterocycles. The molecule has 2 atom stereocenters. The quantitative estimate of drug-likeness (QED) is 0.849. The largest absolute Gasteiger partial charge is 0.333 e. The van der Waals surface area contributed by atoms with E-state index in [0.29, 0.717) is 19.6 Å². The summed E-state index contributed by atoms with van der Waals surface area (Å²) in [7, 11) is 0. The van der Waals surface area contributed by atoms with E-state index in [9.17, 15) is 9.59 Å².